The van der Waals surface area contributed by atoms with Crippen LogP contribution in [0.25, 0.3) is 0 Å². The molecule has 1 aliphatic heterocycles. The van der Waals surface area contributed by atoms with Crippen LogP contribution in [0.5, 0.6) is 0 Å². The Labute approximate surface area is 75.1 Å². The van der Waals surface area contributed by atoms with E-state index in [9.17, 15) is 0 Å². The van der Waals surface area contributed by atoms with Crippen molar-refractivity contribution in [3.05, 3.63) is 0 Å². The van der Waals surface area contributed by atoms with Gasteiger partial charge in [0, 0.05) is 13.1 Å². The van der Waals surface area contributed by atoms with E-state index < -0.39 is 0 Å². The molecule has 0 aromatic rings. The minimum absolute atomic E-state index is 0.920. The molecule has 0 atom stereocenters. The molecule has 1 saturated heterocycles. The van der Waals surface area contributed by atoms with Gasteiger partial charge in [-0.15, -0.1) is 0 Å². The largest absolute Gasteiger partial charge is 0.258 e. The molecule has 2 aliphatic rings. The summed E-state index contributed by atoms with van der Waals surface area (Å²) in [6.45, 7) is 2.40. The van der Waals surface area contributed by atoms with Crippen molar-refractivity contribution >= 4 is 0 Å². The number of hydrazine groups is 1. The smallest absolute Gasteiger partial charge is 0.0143 e. The summed E-state index contributed by atoms with van der Waals surface area (Å²) in [5, 5.41) is 0. The highest BCUT2D eigenvalue weighted by atomic mass is 15.4. The van der Waals surface area contributed by atoms with Crippen LogP contribution < -0.4 is 10.9 Å². The molecule has 12 heavy (non-hydrogen) atoms. The van der Waals surface area contributed by atoms with E-state index in [1.807, 2.05) is 0 Å². The molecule has 1 saturated carbocycles. The van der Waals surface area contributed by atoms with E-state index in [1.165, 1.54) is 51.6 Å². The average Bonchev–Trinajstić information content (AvgIpc) is 2.48. The van der Waals surface area contributed by atoms with Crippen LogP contribution in [0.15, 0.2) is 0 Å². The van der Waals surface area contributed by atoms with Gasteiger partial charge in [-0.1, -0.05) is 38.5 Å². The second-order valence-electron chi connectivity index (χ2n) is 4.27. The fraction of sp³-hybridized carbons (Fsp3) is 1.00. The molecule has 0 bridgehead atoms. The first-order chi connectivity index (χ1) is 5.97. The molecule has 2 N–H and O–H groups in total. The third-order valence-electron chi connectivity index (χ3n) is 3.42. The van der Waals surface area contributed by atoms with Gasteiger partial charge in [0.2, 0.25) is 0 Å². The number of hydrogen-bond donors (Lipinski definition) is 2. The van der Waals surface area contributed by atoms with E-state index in [2.05, 4.69) is 10.9 Å². The lowest BCUT2D eigenvalue weighted by molar-refractivity contribution is 0.331. The SMILES string of the molecule is C1CCCC(C2CNNC2)CC1. The van der Waals surface area contributed by atoms with Gasteiger partial charge in [-0.2, -0.15) is 0 Å². The minimum Gasteiger partial charge on any atom is -0.258 e. The predicted molar refractivity (Wildman–Crippen MR) is 50.7 cm³/mol. The van der Waals surface area contributed by atoms with Gasteiger partial charge in [0.25, 0.3) is 0 Å². The molecule has 0 amide bonds. The molecule has 0 unspecified atom stereocenters. The molecule has 0 spiro atoms. The topological polar surface area (TPSA) is 24.1 Å². The third kappa shape index (κ3) is 1.99. The molecule has 1 aliphatic carbocycles. The highest BCUT2D eigenvalue weighted by Crippen LogP contribution is 2.29. The molecular formula is C10H20N2. The maximum absolute atomic E-state index is 3.24. The molecule has 2 fully saturated rings. The lowest BCUT2D eigenvalue weighted by atomic mass is 9.87. The molecule has 70 valence electrons. The van der Waals surface area contributed by atoms with Crippen molar-refractivity contribution < 1.29 is 0 Å². The molecule has 0 radical (unpaired) electrons. The molecule has 0 aromatic carbocycles. The van der Waals surface area contributed by atoms with Crippen molar-refractivity contribution in [3.63, 3.8) is 0 Å². The summed E-state index contributed by atoms with van der Waals surface area (Å²) in [6, 6.07) is 0. The van der Waals surface area contributed by atoms with Crippen LogP contribution in [-0.2, 0) is 0 Å². The summed E-state index contributed by atoms with van der Waals surface area (Å²) in [5.41, 5.74) is 6.48. The van der Waals surface area contributed by atoms with E-state index >= 15 is 0 Å². The highest BCUT2D eigenvalue weighted by Gasteiger charge is 2.24. The van der Waals surface area contributed by atoms with Crippen LogP contribution in [-0.4, -0.2) is 13.1 Å². The zero-order valence-electron chi connectivity index (χ0n) is 7.81. The quantitative estimate of drug-likeness (QED) is 0.582. The van der Waals surface area contributed by atoms with Gasteiger partial charge in [0.15, 0.2) is 0 Å². The minimum atomic E-state index is 0.920. The van der Waals surface area contributed by atoms with Crippen molar-refractivity contribution in [3.8, 4) is 0 Å². The van der Waals surface area contributed by atoms with Gasteiger partial charge in [0.05, 0.1) is 0 Å². The fourth-order valence-corrected chi connectivity index (χ4v) is 2.59. The molecular weight excluding hydrogens is 148 g/mol. The van der Waals surface area contributed by atoms with Gasteiger partial charge in [-0.3, -0.25) is 10.9 Å². The van der Waals surface area contributed by atoms with Crippen molar-refractivity contribution in [2.24, 2.45) is 11.8 Å². The van der Waals surface area contributed by atoms with E-state index in [0.29, 0.717) is 0 Å². The summed E-state index contributed by atoms with van der Waals surface area (Å²) in [7, 11) is 0. The predicted octanol–water partition coefficient (Wildman–Crippen LogP) is 1.68. The number of nitrogens with one attached hydrogen (secondary N) is 2. The van der Waals surface area contributed by atoms with Crippen molar-refractivity contribution in [2.45, 2.75) is 38.5 Å². The number of rotatable bonds is 1. The Kier molecular flexibility index (Phi) is 3.01. The first-order valence-electron chi connectivity index (χ1n) is 5.42. The Morgan fingerprint density at radius 1 is 0.667 bits per heavy atom. The van der Waals surface area contributed by atoms with Crippen molar-refractivity contribution in [1.29, 1.82) is 0 Å². The monoisotopic (exact) mass is 168 g/mol. The van der Waals surface area contributed by atoms with E-state index in [0.717, 1.165) is 11.8 Å². The summed E-state index contributed by atoms with van der Waals surface area (Å²) >= 11 is 0. The lowest BCUT2D eigenvalue weighted by Crippen LogP contribution is -2.21. The normalized spacial score (nSPS) is 29.0. The van der Waals surface area contributed by atoms with Crippen LogP contribution in [0, 0.1) is 11.8 Å². The standard InChI is InChI=1S/C10H20N2/c1-2-4-6-9(5-3-1)10-7-11-12-8-10/h9-12H,1-8H2. The second kappa shape index (κ2) is 4.24. The van der Waals surface area contributed by atoms with Gasteiger partial charge >= 0.3 is 0 Å². The molecule has 2 heteroatoms. The second-order valence-corrected chi connectivity index (χ2v) is 4.27. The Balaban J connectivity index is 1.83. The molecule has 1 heterocycles. The maximum atomic E-state index is 3.24. The van der Waals surface area contributed by atoms with Crippen LogP contribution in [0.4, 0.5) is 0 Å². The van der Waals surface area contributed by atoms with Gasteiger partial charge in [-0.05, 0) is 11.8 Å². The number of hydrogen-bond acceptors (Lipinski definition) is 2. The molecule has 2 nitrogen and oxygen atoms in total. The zero-order chi connectivity index (χ0) is 8.23. The molecule has 2 rings (SSSR count). The summed E-state index contributed by atoms with van der Waals surface area (Å²) in [6.07, 6.45) is 8.86. The highest BCUT2D eigenvalue weighted by molar-refractivity contribution is 4.78. The third-order valence-corrected chi connectivity index (χ3v) is 3.42. The molecule has 0 aromatic heterocycles. The van der Waals surface area contributed by atoms with E-state index in [4.69, 9.17) is 0 Å². The summed E-state index contributed by atoms with van der Waals surface area (Å²) in [5.74, 6) is 1.93. The first-order valence-corrected chi connectivity index (χ1v) is 5.42. The van der Waals surface area contributed by atoms with Gasteiger partial charge in [0.1, 0.15) is 0 Å². The van der Waals surface area contributed by atoms with E-state index in [1.54, 1.807) is 0 Å². The Bertz CT molecular complexity index is 122. The Morgan fingerprint density at radius 3 is 1.83 bits per heavy atom. The van der Waals surface area contributed by atoms with Crippen molar-refractivity contribution in [1.82, 2.24) is 10.9 Å². The maximum Gasteiger partial charge on any atom is 0.0143 e. The Hall–Kier alpha value is -0.0800. The Morgan fingerprint density at radius 2 is 1.25 bits per heavy atom. The zero-order valence-corrected chi connectivity index (χ0v) is 7.81. The average molecular weight is 168 g/mol. The summed E-state index contributed by atoms with van der Waals surface area (Å²) < 4.78 is 0. The van der Waals surface area contributed by atoms with Gasteiger partial charge in [-0.25, -0.2) is 0 Å². The van der Waals surface area contributed by atoms with Gasteiger partial charge < -0.3 is 0 Å². The first kappa shape index (κ1) is 8.52. The lowest BCUT2D eigenvalue weighted by Gasteiger charge is -2.19. The summed E-state index contributed by atoms with van der Waals surface area (Å²) in [4.78, 5) is 0. The fourth-order valence-electron chi connectivity index (χ4n) is 2.59. The van der Waals surface area contributed by atoms with Crippen LogP contribution in [0.3, 0.4) is 0 Å². The van der Waals surface area contributed by atoms with E-state index in [-0.39, 0.29) is 0 Å². The van der Waals surface area contributed by atoms with Crippen molar-refractivity contribution in [2.75, 3.05) is 13.1 Å². The van der Waals surface area contributed by atoms with Crippen LogP contribution >= 0.6 is 0 Å². The van der Waals surface area contributed by atoms with Crippen LogP contribution in [0.2, 0.25) is 0 Å². The van der Waals surface area contributed by atoms with Crippen LogP contribution in [0.1, 0.15) is 38.5 Å².